The molecule has 164 valence electrons. The number of aliphatic hydroxyl groups excluding tert-OH is 1. The Kier molecular flexibility index (Phi) is 5.36. The number of carbonyl (C=O) groups is 1. The molecule has 0 saturated carbocycles. The van der Waals surface area contributed by atoms with Crippen LogP contribution in [0.2, 0.25) is 0 Å². The highest BCUT2D eigenvalue weighted by Gasteiger charge is 2.77. The van der Waals surface area contributed by atoms with Crippen molar-refractivity contribution in [2.75, 3.05) is 0 Å². The lowest BCUT2D eigenvalue weighted by atomic mass is 9.54. The van der Waals surface area contributed by atoms with Crippen LogP contribution in [0.4, 0.5) is 0 Å². The molecule has 0 aliphatic carbocycles. The molecule has 2 heterocycles. The van der Waals surface area contributed by atoms with Crippen molar-refractivity contribution >= 4 is 5.91 Å². The number of benzene rings is 3. The largest absolute Gasteiger partial charge is 0.390 e. The number of amides is 1. The van der Waals surface area contributed by atoms with Crippen LogP contribution in [-0.4, -0.2) is 28.1 Å². The third kappa shape index (κ3) is 2.94. The normalized spacial score (nSPS) is 28.7. The topological polar surface area (TPSA) is 49.8 Å². The van der Waals surface area contributed by atoms with Crippen molar-refractivity contribution in [3.8, 4) is 0 Å². The maximum atomic E-state index is 14.1. The molecule has 1 spiro atoms. The highest BCUT2D eigenvalue weighted by atomic mass is 16.5. The summed E-state index contributed by atoms with van der Waals surface area (Å²) in [6.45, 7) is 4.01. The number of carbonyl (C=O) groups excluding carboxylic acids is 1. The number of likely N-dealkylation sites (tertiary alicyclic amines) is 1. The fourth-order valence-corrected chi connectivity index (χ4v) is 5.57. The van der Waals surface area contributed by atoms with Gasteiger partial charge in [0, 0.05) is 0 Å². The van der Waals surface area contributed by atoms with Gasteiger partial charge in [0.25, 0.3) is 0 Å². The van der Waals surface area contributed by atoms with Crippen LogP contribution in [0.15, 0.2) is 91.0 Å². The summed E-state index contributed by atoms with van der Waals surface area (Å²) in [5, 5.41) is 10.9. The molecule has 1 N–H and O–H groups in total. The standard InChI is InChI=1S/C28H29NO3/c1-3-23(30)26-28(25(32-26)22-17-11-6-12-18-22)24(21-15-9-5-10-16-21)29(27(28)31)19(2)20-13-7-4-8-14-20/h4-19,23-26,30H,3H2,1-2H3/t19-,23-,24-,25+,26-,28?/m0/s1. The average Bonchev–Trinajstić information content (AvgIpc) is 2.83. The highest BCUT2D eigenvalue weighted by molar-refractivity contribution is 5.94. The van der Waals surface area contributed by atoms with Crippen LogP contribution in [-0.2, 0) is 9.53 Å². The van der Waals surface area contributed by atoms with E-state index in [0.29, 0.717) is 6.42 Å². The van der Waals surface area contributed by atoms with Gasteiger partial charge in [0.2, 0.25) is 5.91 Å². The summed E-state index contributed by atoms with van der Waals surface area (Å²) < 4.78 is 6.29. The lowest BCUT2D eigenvalue weighted by Gasteiger charge is -2.69. The lowest BCUT2D eigenvalue weighted by Crippen LogP contribution is -2.78. The van der Waals surface area contributed by atoms with Crippen LogP contribution in [0.1, 0.15) is 55.1 Å². The molecule has 0 radical (unpaired) electrons. The van der Waals surface area contributed by atoms with Crippen molar-refractivity contribution in [2.24, 2.45) is 5.41 Å². The molecule has 2 fully saturated rings. The van der Waals surface area contributed by atoms with Crippen LogP contribution in [0, 0.1) is 5.41 Å². The summed E-state index contributed by atoms with van der Waals surface area (Å²) >= 11 is 0. The van der Waals surface area contributed by atoms with E-state index >= 15 is 0 Å². The zero-order valence-electron chi connectivity index (χ0n) is 18.5. The molecule has 2 saturated heterocycles. The molecule has 3 aromatic carbocycles. The van der Waals surface area contributed by atoms with E-state index in [-0.39, 0.29) is 24.1 Å². The van der Waals surface area contributed by atoms with Crippen LogP contribution >= 0.6 is 0 Å². The zero-order valence-corrected chi connectivity index (χ0v) is 18.5. The number of nitrogens with zero attached hydrogens (tertiary/aromatic N) is 1. The van der Waals surface area contributed by atoms with Gasteiger partial charge in [0.05, 0.1) is 18.2 Å². The smallest absolute Gasteiger partial charge is 0.238 e. The van der Waals surface area contributed by atoms with Crippen molar-refractivity contribution in [3.63, 3.8) is 0 Å². The van der Waals surface area contributed by atoms with E-state index in [0.717, 1.165) is 16.7 Å². The van der Waals surface area contributed by atoms with Gasteiger partial charge >= 0.3 is 0 Å². The molecular formula is C28H29NO3. The van der Waals surface area contributed by atoms with Crippen LogP contribution in [0.5, 0.6) is 0 Å². The SMILES string of the molecule is CC[C@H](O)[C@@H]1O[C@H](c2ccccc2)C12C(=O)N([C@@H](C)c1ccccc1)[C@H]2c1ccccc1. The van der Waals surface area contributed by atoms with Crippen LogP contribution < -0.4 is 0 Å². The number of β-lactam (4-membered cyclic amide) rings is 1. The third-order valence-corrected chi connectivity index (χ3v) is 7.21. The molecule has 2 aliphatic rings. The first kappa shape index (κ1) is 20.9. The van der Waals surface area contributed by atoms with Gasteiger partial charge in [-0.05, 0) is 30.0 Å². The fourth-order valence-electron chi connectivity index (χ4n) is 5.57. The maximum absolute atomic E-state index is 14.1. The second-order valence-electron chi connectivity index (χ2n) is 8.87. The molecule has 3 aromatic rings. The second-order valence-corrected chi connectivity index (χ2v) is 8.87. The Morgan fingerprint density at radius 1 is 0.906 bits per heavy atom. The Morgan fingerprint density at radius 2 is 1.44 bits per heavy atom. The lowest BCUT2D eigenvalue weighted by molar-refractivity contribution is -0.329. The summed E-state index contributed by atoms with van der Waals surface area (Å²) in [4.78, 5) is 16.1. The number of ether oxygens (including phenoxy) is 1. The molecule has 1 unspecified atom stereocenters. The van der Waals surface area contributed by atoms with E-state index in [9.17, 15) is 9.90 Å². The zero-order chi connectivity index (χ0) is 22.3. The summed E-state index contributed by atoms with van der Waals surface area (Å²) in [5.74, 6) is 0.0558. The van der Waals surface area contributed by atoms with E-state index in [1.165, 1.54) is 0 Å². The number of hydrogen-bond acceptors (Lipinski definition) is 3. The molecule has 0 bridgehead atoms. The molecule has 4 nitrogen and oxygen atoms in total. The van der Waals surface area contributed by atoms with E-state index in [4.69, 9.17) is 4.74 Å². The van der Waals surface area contributed by atoms with Gasteiger partial charge in [0.1, 0.15) is 17.6 Å². The van der Waals surface area contributed by atoms with Gasteiger partial charge < -0.3 is 14.7 Å². The molecular weight excluding hydrogens is 398 g/mol. The molecule has 2 aliphatic heterocycles. The second kappa shape index (κ2) is 8.19. The summed E-state index contributed by atoms with van der Waals surface area (Å²) in [6.07, 6.45) is -1.07. The van der Waals surface area contributed by atoms with Crippen molar-refractivity contribution in [2.45, 2.75) is 50.7 Å². The first-order chi connectivity index (χ1) is 15.6. The monoisotopic (exact) mass is 427 g/mol. The van der Waals surface area contributed by atoms with Gasteiger partial charge in [0.15, 0.2) is 0 Å². The molecule has 6 atom stereocenters. The molecule has 4 heteroatoms. The van der Waals surface area contributed by atoms with Crippen molar-refractivity contribution < 1.29 is 14.6 Å². The van der Waals surface area contributed by atoms with Crippen molar-refractivity contribution in [1.82, 2.24) is 4.90 Å². The number of aliphatic hydroxyl groups is 1. The van der Waals surface area contributed by atoms with Gasteiger partial charge in [-0.25, -0.2) is 0 Å². The first-order valence-electron chi connectivity index (χ1n) is 11.4. The Bertz CT molecular complexity index is 1070. The Labute approximate surface area is 189 Å². The third-order valence-electron chi connectivity index (χ3n) is 7.21. The maximum Gasteiger partial charge on any atom is 0.238 e. The van der Waals surface area contributed by atoms with Crippen LogP contribution in [0.3, 0.4) is 0 Å². The van der Waals surface area contributed by atoms with E-state index < -0.39 is 17.6 Å². The highest BCUT2D eigenvalue weighted by Crippen LogP contribution is 2.69. The molecule has 1 amide bonds. The Hall–Kier alpha value is -2.95. The Morgan fingerprint density at radius 3 is 2.00 bits per heavy atom. The van der Waals surface area contributed by atoms with Gasteiger partial charge in [-0.3, -0.25) is 4.79 Å². The summed E-state index contributed by atoms with van der Waals surface area (Å²) in [6, 6.07) is 30.0. The van der Waals surface area contributed by atoms with Gasteiger partial charge in [-0.15, -0.1) is 0 Å². The quantitative estimate of drug-likeness (QED) is 0.548. The minimum absolute atomic E-state index is 0.0558. The summed E-state index contributed by atoms with van der Waals surface area (Å²) in [5.41, 5.74) is 2.34. The molecule has 32 heavy (non-hydrogen) atoms. The van der Waals surface area contributed by atoms with Gasteiger partial charge in [-0.2, -0.15) is 0 Å². The molecule has 5 rings (SSSR count). The fraction of sp³-hybridized carbons (Fsp3) is 0.321. The minimum atomic E-state index is -0.818. The molecule has 0 aromatic heterocycles. The minimum Gasteiger partial charge on any atom is -0.390 e. The van der Waals surface area contributed by atoms with E-state index in [2.05, 4.69) is 31.2 Å². The first-order valence-corrected chi connectivity index (χ1v) is 11.4. The van der Waals surface area contributed by atoms with Gasteiger partial charge in [-0.1, -0.05) is 97.9 Å². The van der Waals surface area contributed by atoms with Crippen molar-refractivity contribution in [1.29, 1.82) is 0 Å². The Balaban J connectivity index is 1.63. The summed E-state index contributed by atoms with van der Waals surface area (Å²) in [7, 11) is 0. The predicted octanol–water partition coefficient (Wildman–Crippen LogP) is 5.23. The predicted molar refractivity (Wildman–Crippen MR) is 124 cm³/mol. The average molecular weight is 428 g/mol. The number of rotatable bonds is 6. The van der Waals surface area contributed by atoms with Crippen molar-refractivity contribution in [3.05, 3.63) is 108 Å². The van der Waals surface area contributed by atoms with E-state index in [1.54, 1.807) is 0 Å². The van der Waals surface area contributed by atoms with E-state index in [1.807, 2.05) is 78.6 Å². The number of hydrogen-bond donors (Lipinski definition) is 1. The van der Waals surface area contributed by atoms with Crippen LogP contribution in [0.25, 0.3) is 0 Å².